The van der Waals surface area contributed by atoms with E-state index in [1.54, 1.807) is 37.1 Å². The Labute approximate surface area is 178 Å². The van der Waals surface area contributed by atoms with Crippen molar-refractivity contribution in [1.29, 1.82) is 0 Å². The largest absolute Gasteiger partial charge is 0.493 e. The van der Waals surface area contributed by atoms with Crippen molar-refractivity contribution in [3.63, 3.8) is 0 Å². The number of rotatable bonds is 15. The van der Waals surface area contributed by atoms with Gasteiger partial charge in [-0.1, -0.05) is 26.7 Å². The van der Waals surface area contributed by atoms with E-state index in [1.807, 2.05) is 12.1 Å². The van der Waals surface area contributed by atoms with Crippen molar-refractivity contribution < 1.29 is 23.7 Å². The highest BCUT2D eigenvalue weighted by atomic mass is 32.2. The molecule has 0 spiro atoms. The van der Waals surface area contributed by atoms with E-state index < -0.39 is 6.23 Å². The molecule has 0 saturated heterocycles. The van der Waals surface area contributed by atoms with Gasteiger partial charge in [-0.15, -0.1) is 0 Å². The van der Waals surface area contributed by atoms with Gasteiger partial charge in [-0.25, -0.2) is 0 Å². The van der Waals surface area contributed by atoms with Crippen molar-refractivity contribution in [3.05, 3.63) is 24.0 Å². The summed E-state index contributed by atoms with van der Waals surface area (Å²) < 4.78 is 21.9. The van der Waals surface area contributed by atoms with Gasteiger partial charge in [0, 0.05) is 32.2 Å². The van der Waals surface area contributed by atoms with E-state index >= 15 is 0 Å². The molecule has 29 heavy (non-hydrogen) atoms. The smallest absolute Gasteiger partial charge is 0.232 e. The number of pyridine rings is 1. The zero-order valence-electron chi connectivity index (χ0n) is 18.0. The Morgan fingerprint density at radius 1 is 1.31 bits per heavy atom. The van der Waals surface area contributed by atoms with Crippen molar-refractivity contribution in [2.24, 2.45) is 5.92 Å². The van der Waals surface area contributed by atoms with Crippen molar-refractivity contribution in [2.45, 2.75) is 51.0 Å². The molecule has 1 amide bonds. The van der Waals surface area contributed by atoms with Crippen LogP contribution in [0.3, 0.4) is 0 Å². The summed E-state index contributed by atoms with van der Waals surface area (Å²) >= 11 is 1.72. The lowest BCUT2D eigenvalue weighted by Gasteiger charge is -2.31. The van der Waals surface area contributed by atoms with Crippen LogP contribution in [0.1, 0.15) is 38.8 Å². The van der Waals surface area contributed by atoms with E-state index in [1.165, 1.54) is 12.8 Å². The number of hydrogen-bond acceptors (Lipinski definition) is 7. The van der Waals surface area contributed by atoms with Gasteiger partial charge in [0.2, 0.25) is 5.91 Å². The minimum absolute atomic E-state index is 0.111. The molecule has 0 aliphatic heterocycles. The van der Waals surface area contributed by atoms with Crippen LogP contribution in [-0.2, 0) is 25.4 Å². The summed E-state index contributed by atoms with van der Waals surface area (Å²) in [5.74, 6) is 2.10. The highest BCUT2D eigenvalue weighted by molar-refractivity contribution is 7.99. The number of carbonyl (C=O) groups excluding carboxylic acids is 1. The molecule has 8 heteroatoms. The molecule has 1 saturated carbocycles. The first-order valence-corrected chi connectivity index (χ1v) is 11.2. The summed E-state index contributed by atoms with van der Waals surface area (Å²) in [7, 11) is 3.13. The Morgan fingerprint density at radius 3 is 2.76 bits per heavy atom. The summed E-state index contributed by atoms with van der Waals surface area (Å²) in [5.41, 5.74) is 0.669. The van der Waals surface area contributed by atoms with Crippen LogP contribution in [0.2, 0.25) is 0 Å². The molecule has 2 rings (SSSR count). The van der Waals surface area contributed by atoms with Gasteiger partial charge in [-0.3, -0.25) is 14.7 Å². The second-order valence-corrected chi connectivity index (χ2v) is 9.04. The van der Waals surface area contributed by atoms with E-state index in [2.05, 4.69) is 18.8 Å². The average molecular weight is 427 g/mol. The lowest BCUT2D eigenvalue weighted by Crippen LogP contribution is -2.46. The standard InChI is InChI=1S/C21H34N2O5S/c1-16(2)29-13-21(28-15-26-4)23(14-25-3)20(24)12-18-11-19(7-9-22-18)27-10-8-17-5-6-17/h7,9,11,16-17,21H,5-6,8,10,12-15H2,1-4H3/t21-/m1/s1. The molecule has 1 aromatic rings. The normalized spacial score (nSPS) is 14.8. The van der Waals surface area contributed by atoms with Crippen molar-refractivity contribution in [3.8, 4) is 5.75 Å². The van der Waals surface area contributed by atoms with Gasteiger partial charge in [0.1, 0.15) is 25.5 Å². The summed E-state index contributed by atoms with van der Waals surface area (Å²) in [4.78, 5) is 18.9. The minimum atomic E-state index is -0.437. The van der Waals surface area contributed by atoms with E-state index in [9.17, 15) is 4.79 Å². The monoisotopic (exact) mass is 426 g/mol. The van der Waals surface area contributed by atoms with Crippen LogP contribution in [0.25, 0.3) is 0 Å². The van der Waals surface area contributed by atoms with E-state index in [0.29, 0.717) is 23.3 Å². The topological polar surface area (TPSA) is 70.1 Å². The van der Waals surface area contributed by atoms with Gasteiger partial charge >= 0.3 is 0 Å². The van der Waals surface area contributed by atoms with Gasteiger partial charge in [0.25, 0.3) is 0 Å². The first-order valence-electron chi connectivity index (χ1n) is 10.1. The van der Waals surface area contributed by atoms with Crippen LogP contribution in [-0.4, -0.2) is 67.4 Å². The third kappa shape index (κ3) is 9.33. The van der Waals surface area contributed by atoms with E-state index in [4.69, 9.17) is 18.9 Å². The third-order valence-corrected chi connectivity index (χ3v) is 5.64. The number of nitrogens with zero attached hydrogens (tertiary/aromatic N) is 2. The predicted octanol–water partition coefficient (Wildman–Crippen LogP) is 3.32. The van der Waals surface area contributed by atoms with Gasteiger partial charge < -0.3 is 18.9 Å². The molecule has 0 bridgehead atoms. The number of carbonyl (C=O) groups is 1. The number of aromatic nitrogens is 1. The lowest BCUT2D eigenvalue weighted by atomic mass is 10.2. The molecule has 7 nitrogen and oxygen atoms in total. The molecule has 0 radical (unpaired) electrons. The quantitative estimate of drug-likeness (QED) is 0.399. The molecule has 1 aliphatic carbocycles. The molecule has 1 fully saturated rings. The van der Waals surface area contributed by atoms with E-state index in [-0.39, 0.29) is 25.9 Å². The lowest BCUT2D eigenvalue weighted by molar-refractivity contribution is -0.167. The SMILES string of the molecule is COCO[C@H](CSC(C)C)N(COC)C(=O)Cc1cc(OCCC2CC2)ccn1. The van der Waals surface area contributed by atoms with Crippen LogP contribution in [0.5, 0.6) is 5.75 Å². The Morgan fingerprint density at radius 2 is 2.10 bits per heavy atom. The molecule has 1 aliphatic rings. The number of methoxy groups -OCH3 is 2. The summed E-state index contributed by atoms with van der Waals surface area (Å²) in [5, 5.41) is 0.425. The van der Waals surface area contributed by atoms with Crippen molar-refractivity contribution in [2.75, 3.05) is 40.1 Å². The third-order valence-electron chi connectivity index (χ3n) is 4.50. The van der Waals surface area contributed by atoms with E-state index in [0.717, 1.165) is 18.1 Å². The first-order chi connectivity index (χ1) is 14.0. The fourth-order valence-electron chi connectivity index (χ4n) is 2.75. The molecule has 1 heterocycles. The maximum Gasteiger partial charge on any atom is 0.232 e. The fraction of sp³-hybridized carbons (Fsp3) is 0.714. The van der Waals surface area contributed by atoms with Crippen LogP contribution >= 0.6 is 11.8 Å². The number of thioether (sulfide) groups is 1. The molecular weight excluding hydrogens is 392 g/mol. The van der Waals surface area contributed by atoms with Crippen LogP contribution in [0.15, 0.2) is 18.3 Å². The minimum Gasteiger partial charge on any atom is -0.493 e. The highest BCUT2D eigenvalue weighted by Crippen LogP contribution is 2.32. The van der Waals surface area contributed by atoms with Crippen LogP contribution in [0.4, 0.5) is 0 Å². The molecule has 1 aromatic heterocycles. The maximum absolute atomic E-state index is 13.0. The molecule has 164 valence electrons. The number of amides is 1. The van der Waals surface area contributed by atoms with Gasteiger partial charge in [-0.05, 0) is 23.7 Å². The summed E-state index contributed by atoms with van der Waals surface area (Å²) in [6, 6.07) is 3.67. The van der Waals surface area contributed by atoms with Gasteiger partial charge in [0.15, 0.2) is 0 Å². The molecule has 0 unspecified atom stereocenters. The Balaban J connectivity index is 1.98. The van der Waals surface area contributed by atoms with Gasteiger partial charge in [0.05, 0.1) is 18.7 Å². The molecular formula is C21H34N2O5S. The Hall–Kier alpha value is -1.35. The predicted molar refractivity (Wildman–Crippen MR) is 114 cm³/mol. The second-order valence-electron chi connectivity index (χ2n) is 7.43. The van der Waals surface area contributed by atoms with Gasteiger partial charge in [-0.2, -0.15) is 11.8 Å². The maximum atomic E-state index is 13.0. The summed E-state index contributed by atoms with van der Waals surface area (Å²) in [6.07, 6.45) is 5.12. The van der Waals surface area contributed by atoms with Crippen LogP contribution < -0.4 is 4.74 Å². The zero-order chi connectivity index (χ0) is 21.1. The number of hydrogen-bond donors (Lipinski definition) is 0. The van der Waals surface area contributed by atoms with Crippen LogP contribution in [0, 0.1) is 5.92 Å². The average Bonchev–Trinajstić information content (AvgIpc) is 3.51. The number of ether oxygens (including phenoxy) is 4. The van der Waals surface area contributed by atoms with Crippen molar-refractivity contribution >= 4 is 17.7 Å². The van der Waals surface area contributed by atoms with Crippen molar-refractivity contribution in [1.82, 2.24) is 9.88 Å². The fourth-order valence-corrected chi connectivity index (χ4v) is 3.58. The second kappa shape index (κ2) is 13.1. The summed E-state index contributed by atoms with van der Waals surface area (Å²) in [6.45, 7) is 5.18. The molecule has 0 aromatic carbocycles. The Bertz CT molecular complexity index is 612. The zero-order valence-corrected chi connectivity index (χ0v) is 18.8. The highest BCUT2D eigenvalue weighted by Gasteiger charge is 2.25. The molecule has 1 atom stereocenters. The Kier molecular flexibility index (Phi) is 10.8. The molecule has 0 N–H and O–H groups in total. The first kappa shape index (κ1) is 23.9.